The van der Waals surface area contributed by atoms with Crippen LogP contribution < -0.4 is 5.32 Å². The molecule has 0 saturated heterocycles. The average molecular weight is 407 g/mol. The fraction of sp³-hybridized carbons (Fsp3) is 0.435. The average Bonchev–Trinajstić information content (AvgIpc) is 3.21. The van der Waals surface area contributed by atoms with E-state index in [4.69, 9.17) is 10.1 Å². The van der Waals surface area contributed by atoms with Gasteiger partial charge in [-0.25, -0.2) is 4.98 Å². The summed E-state index contributed by atoms with van der Waals surface area (Å²) >= 11 is 1.65. The highest BCUT2D eigenvalue weighted by atomic mass is 32.1. The number of hydrogen-bond acceptors (Lipinski definition) is 5. The Bertz CT molecular complexity index is 1130. The Morgan fingerprint density at radius 3 is 2.83 bits per heavy atom. The molecule has 0 amide bonds. The topological polar surface area (TPSA) is 59.8 Å². The van der Waals surface area contributed by atoms with Gasteiger partial charge in [-0.3, -0.25) is 4.79 Å². The molecular formula is C23H26N4OS. The second-order valence-electron chi connectivity index (χ2n) is 9.02. The lowest BCUT2D eigenvalue weighted by Gasteiger charge is -2.38. The molecule has 3 heterocycles. The number of para-hydroxylation sites is 1. The van der Waals surface area contributed by atoms with Gasteiger partial charge in [-0.05, 0) is 37.3 Å². The third kappa shape index (κ3) is 2.92. The maximum atomic E-state index is 13.1. The number of thiazole rings is 1. The van der Waals surface area contributed by atoms with Crippen LogP contribution in [0, 0.1) is 12.3 Å². The molecule has 150 valence electrons. The summed E-state index contributed by atoms with van der Waals surface area (Å²) in [5.74, 6) is 1.40. The minimum atomic E-state index is -0.0209. The number of anilines is 1. The maximum absolute atomic E-state index is 13.1. The van der Waals surface area contributed by atoms with Crippen molar-refractivity contribution in [1.29, 1.82) is 0 Å². The molecule has 6 heteroatoms. The van der Waals surface area contributed by atoms with Crippen molar-refractivity contribution < 1.29 is 4.79 Å². The van der Waals surface area contributed by atoms with Crippen molar-refractivity contribution in [3.8, 4) is 5.13 Å². The molecule has 1 aromatic carbocycles. The first kappa shape index (κ1) is 18.6. The van der Waals surface area contributed by atoms with Gasteiger partial charge in [0.2, 0.25) is 5.13 Å². The predicted octanol–water partition coefficient (Wildman–Crippen LogP) is 5.74. The highest BCUT2D eigenvalue weighted by molar-refractivity contribution is 7.20. The van der Waals surface area contributed by atoms with E-state index in [-0.39, 0.29) is 11.3 Å². The van der Waals surface area contributed by atoms with Crippen LogP contribution in [0.1, 0.15) is 63.6 Å². The fourth-order valence-electron chi connectivity index (χ4n) is 4.88. The molecule has 1 N–H and O–H groups in total. The number of nitrogens with zero attached hydrogens (tertiary/aromatic N) is 3. The number of aromatic nitrogens is 3. The summed E-state index contributed by atoms with van der Waals surface area (Å²) in [6, 6.07) is 8.18. The summed E-state index contributed by atoms with van der Waals surface area (Å²) in [4.78, 5) is 17.9. The van der Waals surface area contributed by atoms with Crippen molar-refractivity contribution in [2.45, 2.75) is 59.3 Å². The van der Waals surface area contributed by atoms with Crippen LogP contribution in [0.4, 0.5) is 5.82 Å². The Labute approximate surface area is 174 Å². The lowest BCUT2D eigenvalue weighted by Crippen LogP contribution is -2.33. The molecule has 1 atom stereocenters. The Kier molecular flexibility index (Phi) is 4.17. The number of carbonyl (C=O) groups excluding carboxylic acids is 1. The molecule has 1 aliphatic heterocycles. The van der Waals surface area contributed by atoms with Gasteiger partial charge in [0.1, 0.15) is 5.82 Å². The molecule has 2 aliphatic rings. The van der Waals surface area contributed by atoms with Crippen LogP contribution in [-0.4, -0.2) is 20.5 Å². The number of rotatable bonds is 3. The van der Waals surface area contributed by atoms with Crippen molar-refractivity contribution in [3.05, 3.63) is 46.8 Å². The molecule has 0 fully saturated rings. The van der Waals surface area contributed by atoms with E-state index in [1.165, 1.54) is 0 Å². The number of ketones is 1. The lowest BCUT2D eigenvalue weighted by atomic mass is 9.69. The van der Waals surface area contributed by atoms with E-state index < -0.39 is 0 Å². The highest BCUT2D eigenvalue weighted by Gasteiger charge is 2.42. The maximum Gasteiger partial charge on any atom is 0.213 e. The molecular weight excluding hydrogens is 380 g/mol. The van der Waals surface area contributed by atoms with Crippen LogP contribution in [0.25, 0.3) is 15.3 Å². The molecule has 3 aromatic rings. The second kappa shape index (κ2) is 6.52. The van der Waals surface area contributed by atoms with Crippen LogP contribution in [-0.2, 0) is 4.79 Å². The Hall–Kier alpha value is -2.47. The molecule has 1 aliphatic carbocycles. The molecule has 0 bridgehead atoms. The van der Waals surface area contributed by atoms with E-state index in [9.17, 15) is 4.79 Å². The first-order chi connectivity index (χ1) is 13.9. The fourth-order valence-corrected chi connectivity index (χ4v) is 5.81. The molecule has 0 radical (unpaired) electrons. The van der Waals surface area contributed by atoms with Gasteiger partial charge in [0.25, 0.3) is 0 Å². The number of hydrogen-bond donors (Lipinski definition) is 1. The number of Topliss-reactive ketones (excluding diaryl/α,β-unsaturated/α-hetero) is 1. The van der Waals surface area contributed by atoms with Crippen LogP contribution in [0.3, 0.4) is 0 Å². The van der Waals surface area contributed by atoms with Gasteiger partial charge in [0.05, 0.1) is 15.9 Å². The predicted molar refractivity (Wildman–Crippen MR) is 118 cm³/mol. The molecule has 2 aromatic heterocycles. The molecule has 0 saturated carbocycles. The van der Waals surface area contributed by atoms with Crippen LogP contribution >= 0.6 is 11.3 Å². The van der Waals surface area contributed by atoms with Gasteiger partial charge in [0.15, 0.2) is 5.78 Å². The van der Waals surface area contributed by atoms with Gasteiger partial charge < -0.3 is 5.32 Å². The van der Waals surface area contributed by atoms with Crippen LogP contribution in [0.2, 0.25) is 0 Å². The van der Waals surface area contributed by atoms with Crippen molar-refractivity contribution in [2.75, 3.05) is 5.32 Å². The van der Waals surface area contributed by atoms with E-state index >= 15 is 0 Å². The SMILES string of the molecule is CCCC1C2=C(CC(C)(C)CC2=O)Nc2c1c(C)nn2-c1nc2ccccc2s1. The lowest BCUT2D eigenvalue weighted by molar-refractivity contribution is -0.118. The monoisotopic (exact) mass is 406 g/mol. The van der Waals surface area contributed by atoms with Crippen LogP contribution in [0.5, 0.6) is 0 Å². The number of carbonyl (C=O) groups is 1. The van der Waals surface area contributed by atoms with Crippen molar-refractivity contribution in [2.24, 2.45) is 5.41 Å². The number of fused-ring (bicyclic) bond motifs is 2. The third-order valence-electron chi connectivity index (χ3n) is 6.03. The molecule has 29 heavy (non-hydrogen) atoms. The van der Waals surface area contributed by atoms with Crippen molar-refractivity contribution in [1.82, 2.24) is 14.8 Å². The summed E-state index contributed by atoms with van der Waals surface area (Å²) in [5, 5.41) is 9.37. The smallest absolute Gasteiger partial charge is 0.213 e. The van der Waals surface area contributed by atoms with Crippen LogP contribution in [0.15, 0.2) is 35.5 Å². The third-order valence-corrected chi connectivity index (χ3v) is 7.05. The number of benzene rings is 1. The first-order valence-corrected chi connectivity index (χ1v) is 11.2. The summed E-state index contributed by atoms with van der Waals surface area (Å²) in [6.07, 6.45) is 3.50. The quantitative estimate of drug-likeness (QED) is 0.602. The molecule has 5 rings (SSSR count). The number of allylic oxidation sites excluding steroid dienone is 2. The summed E-state index contributed by atoms with van der Waals surface area (Å²) < 4.78 is 3.10. The van der Waals surface area contributed by atoms with Gasteiger partial charge in [-0.2, -0.15) is 9.78 Å². The van der Waals surface area contributed by atoms with Gasteiger partial charge >= 0.3 is 0 Å². The molecule has 5 nitrogen and oxygen atoms in total. The van der Waals surface area contributed by atoms with Gasteiger partial charge in [-0.1, -0.05) is 50.7 Å². The van der Waals surface area contributed by atoms with Gasteiger partial charge in [0, 0.05) is 29.2 Å². The van der Waals surface area contributed by atoms with E-state index in [0.29, 0.717) is 12.2 Å². The Morgan fingerprint density at radius 1 is 1.28 bits per heavy atom. The largest absolute Gasteiger partial charge is 0.343 e. The first-order valence-electron chi connectivity index (χ1n) is 10.4. The van der Waals surface area contributed by atoms with E-state index in [1.807, 2.05) is 22.9 Å². The number of nitrogens with one attached hydrogen (secondary N) is 1. The second-order valence-corrected chi connectivity index (χ2v) is 10.0. The molecule has 1 unspecified atom stereocenters. The highest BCUT2D eigenvalue weighted by Crippen LogP contribution is 2.49. The summed E-state index contributed by atoms with van der Waals surface area (Å²) in [5.41, 5.74) is 5.19. The zero-order chi connectivity index (χ0) is 20.3. The summed E-state index contributed by atoms with van der Waals surface area (Å²) in [6.45, 7) is 8.59. The zero-order valence-electron chi connectivity index (χ0n) is 17.4. The van der Waals surface area contributed by atoms with E-state index in [2.05, 4.69) is 39.1 Å². The standard InChI is InChI=1S/C23H26N4OS/c1-5-8-14-19-13(2)26-27(22-25-15-9-6-7-10-18(15)29-22)21(19)24-16-11-23(3,4)12-17(28)20(14)16/h6-7,9-10,14,24H,5,8,11-12H2,1-4H3. The Balaban J connectivity index is 1.68. The minimum absolute atomic E-state index is 0.0209. The molecule has 0 spiro atoms. The van der Waals surface area contributed by atoms with Crippen molar-refractivity contribution in [3.63, 3.8) is 0 Å². The zero-order valence-corrected chi connectivity index (χ0v) is 18.2. The van der Waals surface area contributed by atoms with E-state index in [1.54, 1.807) is 11.3 Å². The minimum Gasteiger partial charge on any atom is -0.343 e. The van der Waals surface area contributed by atoms with Crippen molar-refractivity contribution >= 4 is 33.2 Å². The normalized spacial score (nSPS) is 20.6. The summed E-state index contributed by atoms with van der Waals surface area (Å²) in [7, 11) is 0. The number of aryl methyl sites for hydroxylation is 1. The van der Waals surface area contributed by atoms with Gasteiger partial charge in [-0.15, -0.1) is 0 Å². The Morgan fingerprint density at radius 2 is 2.07 bits per heavy atom. The van der Waals surface area contributed by atoms with E-state index in [0.717, 1.165) is 63.0 Å².